The summed E-state index contributed by atoms with van der Waals surface area (Å²) in [6.07, 6.45) is 0.686. The van der Waals surface area contributed by atoms with Crippen LogP contribution in [0.15, 0.2) is 0 Å². The third-order valence-electron chi connectivity index (χ3n) is 1.90. The highest BCUT2D eigenvalue weighted by Gasteiger charge is 2.41. The number of hydrogen-bond donors (Lipinski definition) is 0. The number of urea groups is 1. The van der Waals surface area contributed by atoms with Gasteiger partial charge in [-0.05, 0) is 0 Å². The summed E-state index contributed by atoms with van der Waals surface area (Å²) in [5.74, 6) is 0. The molecule has 0 aromatic rings. The molecule has 1 rings (SSSR count). The van der Waals surface area contributed by atoms with Crippen molar-refractivity contribution in [2.75, 3.05) is 27.2 Å². The van der Waals surface area contributed by atoms with Crippen LogP contribution in [0.4, 0.5) is 4.79 Å². The average molecular weight is 143 g/mol. The van der Waals surface area contributed by atoms with E-state index in [2.05, 4.69) is 0 Å². The quantitative estimate of drug-likeness (QED) is 0.372. The third-order valence-corrected chi connectivity index (χ3v) is 1.90. The number of carbonyl (C=O) groups excluding carboxylic acids is 2. The summed E-state index contributed by atoms with van der Waals surface area (Å²) in [7, 11) is 3.33. The van der Waals surface area contributed by atoms with E-state index in [9.17, 15) is 9.59 Å². The smallest absolute Gasteiger partial charge is 0.289 e. The van der Waals surface area contributed by atoms with Gasteiger partial charge in [0.15, 0.2) is 0 Å². The van der Waals surface area contributed by atoms with Gasteiger partial charge in [-0.3, -0.25) is 4.90 Å². The fourth-order valence-electron chi connectivity index (χ4n) is 1.04. The molecule has 1 saturated heterocycles. The lowest BCUT2D eigenvalue weighted by Gasteiger charge is -2.15. The van der Waals surface area contributed by atoms with Crippen LogP contribution in [0.25, 0.3) is 0 Å². The second kappa shape index (κ2) is 2.05. The average Bonchev–Trinajstić information content (AvgIpc) is 2.19. The second-order valence-corrected chi connectivity index (χ2v) is 2.80. The minimum atomic E-state index is -0.116. The van der Waals surface area contributed by atoms with Crippen LogP contribution in [0, 0.1) is 0 Å². The Labute approximate surface area is 59.6 Å². The summed E-state index contributed by atoms with van der Waals surface area (Å²) in [6.45, 7) is 1.27. The first-order valence-electron chi connectivity index (χ1n) is 3.17. The molecule has 0 N–H and O–H groups in total. The van der Waals surface area contributed by atoms with Gasteiger partial charge >= 0.3 is 12.4 Å². The van der Waals surface area contributed by atoms with E-state index >= 15 is 0 Å². The van der Waals surface area contributed by atoms with Crippen molar-refractivity contribution in [3.05, 3.63) is 0 Å². The molecule has 10 heavy (non-hydrogen) atoms. The Kier molecular flexibility index (Phi) is 1.48. The van der Waals surface area contributed by atoms with Crippen LogP contribution in [0.3, 0.4) is 0 Å². The van der Waals surface area contributed by atoms with Crippen LogP contribution < -0.4 is 0 Å². The summed E-state index contributed by atoms with van der Waals surface area (Å²) in [6, 6.07) is -0.116. The molecule has 4 heteroatoms. The molecule has 0 radical (unpaired) electrons. The molecule has 3 amide bonds. The first-order valence-corrected chi connectivity index (χ1v) is 3.17. The van der Waals surface area contributed by atoms with Crippen molar-refractivity contribution in [2.45, 2.75) is 0 Å². The van der Waals surface area contributed by atoms with Gasteiger partial charge in [0.1, 0.15) is 6.54 Å². The van der Waals surface area contributed by atoms with E-state index in [1.54, 1.807) is 19.0 Å². The Bertz CT molecular complexity index is 181. The Hall–Kier alpha value is -0.900. The largest absolute Gasteiger partial charge is 0.426 e. The molecule has 1 unspecified atom stereocenters. The van der Waals surface area contributed by atoms with Crippen molar-refractivity contribution in [1.82, 2.24) is 4.90 Å². The number of amides is 3. The molecular weight excluding hydrogens is 132 g/mol. The standard InChI is InChI=1S/C6H11N2O2/c1-7-3-4-8(2,5-9)6(7)10/h5H,3-4H2,1-2H3/q+1. The van der Waals surface area contributed by atoms with Crippen LogP contribution >= 0.6 is 0 Å². The summed E-state index contributed by atoms with van der Waals surface area (Å²) < 4.78 is -0.101. The van der Waals surface area contributed by atoms with Gasteiger partial charge in [0.2, 0.25) is 0 Å². The fourth-order valence-corrected chi connectivity index (χ4v) is 1.04. The van der Waals surface area contributed by atoms with Gasteiger partial charge < -0.3 is 0 Å². The summed E-state index contributed by atoms with van der Waals surface area (Å²) in [4.78, 5) is 23.1. The maximum absolute atomic E-state index is 11.1. The highest BCUT2D eigenvalue weighted by Crippen LogP contribution is 2.11. The molecular formula is C6H11N2O2+. The molecule has 4 nitrogen and oxygen atoms in total. The van der Waals surface area contributed by atoms with E-state index in [4.69, 9.17) is 0 Å². The predicted octanol–water partition coefficient (Wildman–Crippen LogP) is -0.345. The van der Waals surface area contributed by atoms with Crippen molar-refractivity contribution in [2.24, 2.45) is 0 Å². The maximum Gasteiger partial charge on any atom is 0.426 e. The lowest BCUT2D eigenvalue weighted by molar-refractivity contribution is -0.731. The van der Waals surface area contributed by atoms with E-state index < -0.39 is 0 Å². The molecule has 0 aliphatic carbocycles. The van der Waals surface area contributed by atoms with Gasteiger partial charge in [0, 0.05) is 7.05 Å². The Balaban J connectivity index is 2.83. The molecule has 0 aromatic heterocycles. The Morgan fingerprint density at radius 2 is 2.30 bits per heavy atom. The van der Waals surface area contributed by atoms with Gasteiger partial charge in [-0.1, -0.05) is 0 Å². The van der Waals surface area contributed by atoms with Crippen LogP contribution in [0.2, 0.25) is 0 Å². The molecule has 0 bridgehead atoms. The molecule has 1 heterocycles. The van der Waals surface area contributed by atoms with Crippen LogP contribution in [0.1, 0.15) is 0 Å². The highest BCUT2D eigenvalue weighted by atomic mass is 16.2. The van der Waals surface area contributed by atoms with Crippen LogP contribution in [-0.2, 0) is 4.79 Å². The summed E-state index contributed by atoms with van der Waals surface area (Å²) >= 11 is 0. The molecule has 0 aromatic carbocycles. The summed E-state index contributed by atoms with van der Waals surface area (Å²) in [5, 5.41) is 0. The van der Waals surface area contributed by atoms with Crippen molar-refractivity contribution < 1.29 is 14.1 Å². The minimum absolute atomic E-state index is 0.101. The molecule has 1 atom stereocenters. The van der Waals surface area contributed by atoms with Gasteiger partial charge in [-0.15, -0.1) is 0 Å². The highest BCUT2D eigenvalue weighted by molar-refractivity contribution is 5.75. The number of quaternary nitrogens is 1. The maximum atomic E-state index is 11.1. The summed E-state index contributed by atoms with van der Waals surface area (Å²) in [5.41, 5.74) is 0. The number of carbonyl (C=O) groups is 2. The van der Waals surface area contributed by atoms with E-state index in [0.717, 1.165) is 0 Å². The van der Waals surface area contributed by atoms with Crippen LogP contribution in [-0.4, -0.2) is 49.0 Å². The molecule has 0 saturated carbocycles. The van der Waals surface area contributed by atoms with E-state index in [-0.39, 0.29) is 10.5 Å². The second-order valence-electron chi connectivity index (χ2n) is 2.80. The number of nitrogens with zero attached hydrogens (tertiary/aromatic N) is 2. The van der Waals surface area contributed by atoms with Crippen molar-refractivity contribution >= 4 is 12.4 Å². The molecule has 1 aliphatic rings. The lowest BCUT2D eigenvalue weighted by atomic mass is 10.6. The first-order chi connectivity index (χ1) is 4.60. The van der Waals surface area contributed by atoms with Crippen molar-refractivity contribution in [3.63, 3.8) is 0 Å². The third kappa shape index (κ3) is 0.806. The molecule has 0 spiro atoms. The number of likely N-dealkylation sites (N-methyl/N-ethyl adjacent to an activating group) is 2. The van der Waals surface area contributed by atoms with Crippen LogP contribution in [0.5, 0.6) is 0 Å². The SMILES string of the molecule is CN1CC[N+](C)(C=O)C1=O. The minimum Gasteiger partial charge on any atom is -0.289 e. The van der Waals surface area contributed by atoms with E-state index in [0.29, 0.717) is 19.5 Å². The van der Waals surface area contributed by atoms with E-state index in [1.807, 2.05) is 0 Å². The monoisotopic (exact) mass is 143 g/mol. The number of hydrogen-bond acceptors (Lipinski definition) is 2. The van der Waals surface area contributed by atoms with Crippen molar-refractivity contribution in [3.8, 4) is 0 Å². The zero-order valence-electron chi connectivity index (χ0n) is 6.20. The van der Waals surface area contributed by atoms with Crippen molar-refractivity contribution in [1.29, 1.82) is 0 Å². The Morgan fingerprint density at radius 1 is 1.70 bits per heavy atom. The van der Waals surface area contributed by atoms with Gasteiger partial charge in [0.05, 0.1) is 13.6 Å². The van der Waals surface area contributed by atoms with Gasteiger partial charge in [-0.2, -0.15) is 4.48 Å². The predicted molar refractivity (Wildman–Crippen MR) is 35.1 cm³/mol. The molecule has 1 fully saturated rings. The topological polar surface area (TPSA) is 37.4 Å². The van der Waals surface area contributed by atoms with Gasteiger partial charge in [0.25, 0.3) is 0 Å². The fraction of sp³-hybridized carbons (Fsp3) is 0.667. The Morgan fingerprint density at radius 3 is 2.50 bits per heavy atom. The number of imide groups is 1. The van der Waals surface area contributed by atoms with Gasteiger partial charge in [-0.25, -0.2) is 9.59 Å². The zero-order valence-corrected chi connectivity index (χ0v) is 6.20. The lowest BCUT2D eigenvalue weighted by Crippen LogP contribution is -2.45. The molecule has 56 valence electrons. The first kappa shape index (κ1) is 7.21. The zero-order chi connectivity index (χ0) is 7.78. The van der Waals surface area contributed by atoms with E-state index in [1.165, 1.54) is 0 Å². The normalized spacial score (nSPS) is 33.0. The molecule has 1 aliphatic heterocycles. The number of rotatable bonds is 1.